The first-order valence-corrected chi connectivity index (χ1v) is 12.9. The summed E-state index contributed by atoms with van der Waals surface area (Å²) in [4.78, 5) is 21.8. The number of pyridine rings is 1. The molecule has 0 spiro atoms. The van der Waals surface area contributed by atoms with Crippen molar-refractivity contribution in [3.63, 3.8) is 0 Å². The molecule has 158 valence electrons. The van der Waals surface area contributed by atoms with Gasteiger partial charge in [0.2, 0.25) is 0 Å². The van der Waals surface area contributed by atoms with Crippen molar-refractivity contribution in [3.8, 4) is 11.3 Å². The first kappa shape index (κ1) is 21.5. The Morgan fingerprint density at radius 3 is 2.48 bits per heavy atom. The van der Waals surface area contributed by atoms with Crippen LogP contribution in [0, 0.1) is 6.92 Å². The van der Waals surface area contributed by atoms with E-state index in [1.165, 1.54) is 29.2 Å². The molecule has 11 heteroatoms. The highest BCUT2D eigenvalue weighted by molar-refractivity contribution is 8.01. The van der Waals surface area contributed by atoms with E-state index in [9.17, 15) is 13.2 Å². The molecule has 3 heterocycles. The highest BCUT2D eigenvalue weighted by Crippen LogP contribution is 2.35. The van der Waals surface area contributed by atoms with Gasteiger partial charge >= 0.3 is 6.03 Å². The predicted octanol–water partition coefficient (Wildman–Crippen LogP) is 5.24. The lowest BCUT2D eigenvalue weighted by molar-refractivity contribution is 0.256. The fraction of sp³-hybridized carbons (Fsp3) is 0.0500. The average molecular weight is 489 g/mol. The molecular formula is C20H16N4O3S4. The van der Waals surface area contributed by atoms with Gasteiger partial charge in [-0.05, 0) is 31.2 Å². The van der Waals surface area contributed by atoms with Gasteiger partial charge < -0.3 is 0 Å². The largest absolute Gasteiger partial charge is 0.333 e. The number of sulfonamides is 1. The molecule has 1 aromatic carbocycles. The summed E-state index contributed by atoms with van der Waals surface area (Å²) in [5.74, 6) is 0. The van der Waals surface area contributed by atoms with Crippen molar-refractivity contribution in [1.82, 2.24) is 14.7 Å². The van der Waals surface area contributed by atoms with Gasteiger partial charge in [-0.1, -0.05) is 42.1 Å². The topological polar surface area (TPSA) is 101 Å². The first-order chi connectivity index (χ1) is 14.9. The highest BCUT2D eigenvalue weighted by Gasteiger charge is 2.22. The van der Waals surface area contributed by atoms with Gasteiger partial charge in [-0.15, -0.1) is 22.7 Å². The Hall–Kier alpha value is -2.73. The van der Waals surface area contributed by atoms with Gasteiger partial charge in [-0.3, -0.25) is 10.3 Å². The van der Waals surface area contributed by atoms with Crippen LogP contribution in [0.2, 0.25) is 0 Å². The third-order valence-corrected chi connectivity index (χ3v) is 8.86. The van der Waals surface area contributed by atoms with Crippen LogP contribution >= 0.6 is 34.4 Å². The van der Waals surface area contributed by atoms with E-state index in [-0.39, 0.29) is 4.21 Å². The van der Waals surface area contributed by atoms with Crippen molar-refractivity contribution in [2.24, 2.45) is 0 Å². The van der Waals surface area contributed by atoms with E-state index >= 15 is 0 Å². The van der Waals surface area contributed by atoms with Crippen molar-refractivity contribution in [3.05, 3.63) is 72.0 Å². The Labute approximate surface area is 191 Å². The lowest BCUT2D eigenvalue weighted by atomic mass is 10.2. The van der Waals surface area contributed by atoms with Crippen LogP contribution in [0.25, 0.3) is 11.3 Å². The summed E-state index contributed by atoms with van der Waals surface area (Å²) in [6, 6.07) is 15.4. The number of benzene rings is 1. The molecule has 7 nitrogen and oxygen atoms in total. The number of rotatable bonds is 6. The second-order valence-corrected chi connectivity index (χ2v) is 11.8. The summed E-state index contributed by atoms with van der Waals surface area (Å²) in [6.45, 7) is 1.82. The molecule has 3 aromatic heterocycles. The molecule has 0 saturated carbocycles. The maximum Gasteiger partial charge on any atom is 0.333 e. The number of thiazole rings is 1. The number of anilines is 1. The van der Waals surface area contributed by atoms with Gasteiger partial charge in [0.15, 0.2) is 0 Å². The average Bonchev–Trinajstić information content (AvgIpc) is 3.36. The normalized spacial score (nSPS) is 11.3. The van der Waals surface area contributed by atoms with Crippen LogP contribution in [0.1, 0.15) is 5.01 Å². The van der Waals surface area contributed by atoms with E-state index in [2.05, 4.69) is 20.0 Å². The van der Waals surface area contributed by atoms with Crippen LogP contribution in [-0.4, -0.2) is 24.4 Å². The van der Waals surface area contributed by atoms with Gasteiger partial charge in [-0.2, -0.15) is 0 Å². The lowest BCUT2D eigenvalue weighted by Crippen LogP contribution is -2.33. The maximum absolute atomic E-state index is 12.7. The molecule has 0 fully saturated rings. The molecule has 0 bridgehead atoms. The molecule has 4 rings (SSSR count). The van der Waals surface area contributed by atoms with E-state index < -0.39 is 16.1 Å². The number of amides is 2. The molecule has 0 atom stereocenters. The van der Waals surface area contributed by atoms with Gasteiger partial charge in [0, 0.05) is 22.9 Å². The van der Waals surface area contributed by atoms with Crippen molar-refractivity contribution in [2.75, 3.05) is 5.32 Å². The summed E-state index contributed by atoms with van der Waals surface area (Å²) in [7, 11) is -4.01. The zero-order chi connectivity index (χ0) is 21.8. The number of thiophene rings is 1. The minimum atomic E-state index is -4.01. The lowest BCUT2D eigenvalue weighted by Gasteiger charge is -2.07. The Balaban J connectivity index is 1.47. The summed E-state index contributed by atoms with van der Waals surface area (Å²) in [6.07, 6.45) is 3.34. The number of nitrogens with one attached hydrogen (secondary N) is 2. The Bertz CT molecular complexity index is 1300. The number of aromatic nitrogens is 2. The van der Waals surface area contributed by atoms with Gasteiger partial charge in [0.1, 0.15) is 14.9 Å². The molecule has 0 aliphatic carbocycles. The van der Waals surface area contributed by atoms with Crippen molar-refractivity contribution in [2.45, 2.75) is 20.2 Å². The zero-order valence-corrected chi connectivity index (χ0v) is 19.4. The van der Waals surface area contributed by atoms with E-state index in [0.29, 0.717) is 10.7 Å². The smallest absolute Gasteiger partial charge is 0.297 e. The second-order valence-electron chi connectivity index (χ2n) is 6.19. The molecule has 31 heavy (non-hydrogen) atoms. The number of carbonyl (C=O) groups excluding carboxylic acids is 1. The molecule has 0 radical (unpaired) electrons. The summed E-state index contributed by atoms with van der Waals surface area (Å²) >= 11 is 3.80. The molecule has 4 aromatic rings. The van der Waals surface area contributed by atoms with Crippen molar-refractivity contribution >= 4 is 55.5 Å². The predicted molar refractivity (Wildman–Crippen MR) is 124 cm³/mol. The number of aryl methyl sites for hydroxylation is 1. The Kier molecular flexibility index (Phi) is 6.37. The van der Waals surface area contributed by atoms with Gasteiger partial charge in [0.25, 0.3) is 10.0 Å². The third kappa shape index (κ3) is 5.31. The minimum Gasteiger partial charge on any atom is -0.297 e. The van der Waals surface area contributed by atoms with E-state index in [1.807, 2.05) is 49.4 Å². The summed E-state index contributed by atoms with van der Waals surface area (Å²) in [5, 5.41) is 3.86. The summed E-state index contributed by atoms with van der Waals surface area (Å²) < 4.78 is 28.3. The summed E-state index contributed by atoms with van der Waals surface area (Å²) in [5.41, 5.74) is 1.43. The fourth-order valence-corrected chi connectivity index (χ4v) is 6.92. The molecule has 0 unspecified atom stereocenters. The zero-order valence-electron chi connectivity index (χ0n) is 16.1. The van der Waals surface area contributed by atoms with Crippen LogP contribution in [0.15, 0.2) is 80.3 Å². The first-order valence-electron chi connectivity index (χ1n) is 8.95. The molecule has 0 aliphatic heterocycles. The Morgan fingerprint density at radius 2 is 1.74 bits per heavy atom. The highest BCUT2D eigenvalue weighted by atomic mass is 32.3. The van der Waals surface area contributed by atoms with Crippen LogP contribution < -0.4 is 10.0 Å². The fourth-order valence-electron chi connectivity index (χ4n) is 2.63. The van der Waals surface area contributed by atoms with Gasteiger partial charge in [0.05, 0.1) is 9.22 Å². The number of hydrogen-bond acceptors (Lipinski definition) is 8. The molecule has 0 aliphatic rings. The molecular weight excluding hydrogens is 473 g/mol. The second kappa shape index (κ2) is 9.18. The van der Waals surface area contributed by atoms with Gasteiger partial charge in [-0.25, -0.2) is 22.9 Å². The van der Waals surface area contributed by atoms with E-state index in [0.717, 1.165) is 31.0 Å². The molecule has 0 saturated heterocycles. The van der Waals surface area contributed by atoms with Crippen molar-refractivity contribution < 1.29 is 13.2 Å². The SMILES string of the molecule is Cc1nc(-c2ccccc2)c(NC(=O)NS(=O)(=O)c2ccc(Sc3ccncc3)s2)s1. The molecule has 2 N–H and O–H groups in total. The number of nitrogens with zero attached hydrogens (tertiary/aromatic N) is 2. The van der Waals surface area contributed by atoms with E-state index in [4.69, 9.17) is 0 Å². The van der Waals surface area contributed by atoms with Crippen LogP contribution in [0.4, 0.5) is 9.80 Å². The third-order valence-electron chi connectivity index (χ3n) is 3.93. The van der Waals surface area contributed by atoms with E-state index in [1.54, 1.807) is 18.5 Å². The quantitative estimate of drug-likeness (QED) is 0.385. The molecule has 2 amide bonds. The Morgan fingerprint density at radius 1 is 1.00 bits per heavy atom. The van der Waals surface area contributed by atoms with Crippen LogP contribution in [0.5, 0.6) is 0 Å². The number of urea groups is 1. The van der Waals surface area contributed by atoms with Crippen LogP contribution in [0.3, 0.4) is 0 Å². The number of carbonyl (C=O) groups is 1. The monoisotopic (exact) mass is 488 g/mol. The number of hydrogen-bond donors (Lipinski definition) is 2. The van der Waals surface area contributed by atoms with Crippen LogP contribution in [-0.2, 0) is 10.0 Å². The maximum atomic E-state index is 12.7. The minimum absolute atomic E-state index is 0.0583. The van der Waals surface area contributed by atoms with Crippen molar-refractivity contribution in [1.29, 1.82) is 0 Å². The standard InChI is InChI=1S/C20H16N4O3S4/c1-13-22-18(14-5-3-2-4-6-14)19(28-13)23-20(25)24-31(26,27)17-8-7-16(30-17)29-15-9-11-21-12-10-15/h2-12H,1H3,(H2,23,24,25).